The molecule has 0 atom stereocenters. The van der Waals surface area contributed by atoms with E-state index in [1.807, 2.05) is 6.92 Å². The molecule has 2 amide bonds. The molecule has 2 N–H and O–H groups in total. The first-order chi connectivity index (χ1) is 12.1. The number of aromatic nitrogens is 1. The summed E-state index contributed by atoms with van der Waals surface area (Å²) in [5.74, 6) is 0.0543. The standard InChI is InChI=1S/C18H21N3O4/c1-3-25-15-6-4-14(5-7-15)21-18(23)16-12-13(8-9-19-16)17(22)20-10-11-24-2/h4-9,12H,3,10-11H2,1-2H3,(H,20,22)(H,21,23). The molecular weight excluding hydrogens is 322 g/mol. The van der Waals surface area contributed by atoms with Gasteiger partial charge in [0, 0.05) is 31.1 Å². The SMILES string of the molecule is CCOc1ccc(NC(=O)c2cc(C(=O)NCCOC)ccn2)cc1. The Labute approximate surface area is 146 Å². The monoisotopic (exact) mass is 343 g/mol. The van der Waals surface area contributed by atoms with Crippen molar-refractivity contribution in [2.24, 2.45) is 0 Å². The number of nitrogens with one attached hydrogen (secondary N) is 2. The Morgan fingerprint density at radius 1 is 1.12 bits per heavy atom. The van der Waals surface area contributed by atoms with Crippen LogP contribution < -0.4 is 15.4 Å². The molecule has 0 radical (unpaired) electrons. The number of carbonyl (C=O) groups excluding carboxylic acids is 2. The van der Waals surface area contributed by atoms with E-state index in [1.165, 1.54) is 12.3 Å². The fraction of sp³-hybridized carbons (Fsp3) is 0.278. The number of hydrogen-bond donors (Lipinski definition) is 2. The summed E-state index contributed by atoms with van der Waals surface area (Å²) < 4.78 is 10.2. The molecule has 132 valence electrons. The Bertz CT molecular complexity index is 717. The molecular formula is C18H21N3O4. The summed E-state index contributed by atoms with van der Waals surface area (Å²) in [6, 6.07) is 10.0. The summed E-state index contributed by atoms with van der Waals surface area (Å²) in [6.07, 6.45) is 1.43. The summed E-state index contributed by atoms with van der Waals surface area (Å²) in [7, 11) is 1.56. The van der Waals surface area contributed by atoms with Crippen molar-refractivity contribution >= 4 is 17.5 Å². The first-order valence-corrected chi connectivity index (χ1v) is 7.91. The van der Waals surface area contributed by atoms with Crippen LogP contribution in [0, 0.1) is 0 Å². The molecule has 1 heterocycles. The predicted molar refractivity (Wildman–Crippen MR) is 94.0 cm³/mol. The van der Waals surface area contributed by atoms with Crippen LogP contribution in [0.25, 0.3) is 0 Å². The maximum absolute atomic E-state index is 12.3. The summed E-state index contributed by atoms with van der Waals surface area (Å²) in [5.41, 5.74) is 1.14. The minimum atomic E-state index is -0.393. The molecule has 25 heavy (non-hydrogen) atoms. The fourth-order valence-corrected chi connectivity index (χ4v) is 2.06. The van der Waals surface area contributed by atoms with Gasteiger partial charge in [0.25, 0.3) is 11.8 Å². The lowest BCUT2D eigenvalue weighted by atomic mass is 10.2. The molecule has 2 rings (SSSR count). The van der Waals surface area contributed by atoms with E-state index >= 15 is 0 Å². The van der Waals surface area contributed by atoms with Gasteiger partial charge < -0.3 is 20.1 Å². The van der Waals surface area contributed by atoms with Crippen LogP contribution in [0.3, 0.4) is 0 Å². The maximum atomic E-state index is 12.3. The van der Waals surface area contributed by atoms with E-state index in [4.69, 9.17) is 9.47 Å². The summed E-state index contributed by atoms with van der Waals surface area (Å²) >= 11 is 0. The summed E-state index contributed by atoms with van der Waals surface area (Å²) in [4.78, 5) is 28.3. The van der Waals surface area contributed by atoms with Gasteiger partial charge in [-0.25, -0.2) is 0 Å². The largest absolute Gasteiger partial charge is 0.494 e. The van der Waals surface area contributed by atoms with Crippen LogP contribution in [-0.2, 0) is 4.74 Å². The van der Waals surface area contributed by atoms with Gasteiger partial charge in [0.1, 0.15) is 11.4 Å². The quantitative estimate of drug-likeness (QED) is 0.717. The predicted octanol–water partition coefficient (Wildman–Crippen LogP) is 2.11. The lowest BCUT2D eigenvalue weighted by molar-refractivity contribution is 0.0937. The van der Waals surface area contributed by atoms with Crippen molar-refractivity contribution in [2.75, 3.05) is 32.2 Å². The molecule has 0 aliphatic carbocycles. The highest BCUT2D eigenvalue weighted by molar-refractivity contribution is 6.04. The normalized spacial score (nSPS) is 10.2. The summed E-state index contributed by atoms with van der Waals surface area (Å²) in [5, 5.41) is 5.43. The Morgan fingerprint density at radius 3 is 2.56 bits per heavy atom. The van der Waals surface area contributed by atoms with Crippen LogP contribution in [0.5, 0.6) is 5.75 Å². The number of rotatable bonds is 8. The van der Waals surface area contributed by atoms with E-state index in [1.54, 1.807) is 37.4 Å². The number of anilines is 1. The van der Waals surface area contributed by atoms with E-state index in [9.17, 15) is 9.59 Å². The molecule has 1 aromatic heterocycles. The van der Waals surface area contributed by atoms with E-state index in [2.05, 4.69) is 15.6 Å². The van der Waals surface area contributed by atoms with Crippen molar-refractivity contribution in [3.05, 3.63) is 53.9 Å². The van der Waals surface area contributed by atoms with Gasteiger partial charge in [-0.1, -0.05) is 0 Å². The molecule has 0 aliphatic rings. The van der Waals surface area contributed by atoms with Crippen molar-refractivity contribution in [3.8, 4) is 5.75 Å². The molecule has 0 aliphatic heterocycles. The molecule has 0 saturated heterocycles. The smallest absolute Gasteiger partial charge is 0.274 e. The van der Waals surface area contributed by atoms with Gasteiger partial charge in [-0.3, -0.25) is 14.6 Å². The van der Waals surface area contributed by atoms with Crippen LogP contribution in [-0.4, -0.2) is 43.7 Å². The van der Waals surface area contributed by atoms with Crippen LogP contribution in [0.1, 0.15) is 27.8 Å². The minimum absolute atomic E-state index is 0.160. The van der Waals surface area contributed by atoms with E-state index < -0.39 is 5.91 Å². The van der Waals surface area contributed by atoms with Gasteiger partial charge in [0.05, 0.1) is 13.2 Å². The zero-order valence-electron chi connectivity index (χ0n) is 14.2. The average molecular weight is 343 g/mol. The molecule has 0 bridgehead atoms. The number of pyridine rings is 1. The Hall–Kier alpha value is -2.93. The topological polar surface area (TPSA) is 89.5 Å². The maximum Gasteiger partial charge on any atom is 0.274 e. The molecule has 1 aromatic carbocycles. The second-order valence-electron chi connectivity index (χ2n) is 5.09. The van der Waals surface area contributed by atoms with Crippen molar-refractivity contribution < 1.29 is 19.1 Å². The molecule has 0 saturated carbocycles. The van der Waals surface area contributed by atoms with Crippen molar-refractivity contribution in [1.29, 1.82) is 0 Å². The van der Waals surface area contributed by atoms with Gasteiger partial charge >= 0.3 is 0 Å². The highest BCUT2D eigenvalue weighted by Gasteiger charge is 2.12. The number of ether oxygens (including phenoxy) is 2. The fourth-order valence-electron chi connectivity index (χ4n) is 2.06. The van der Waals surface area contributed by atoms with E-state index in [-0.39, 0.29) is 11.6 Å². The number of hydrogen-bond acceptors (Lipinski definition) is 5. The Morgan fingerprint density at radius 2 is 1.88 bits per heavy atom. The van der Waals surface area contributed by atoms with E-state index in [0.29, 0.717) is 31.0 Å². The molecule has 2 aromatic rings. The number of benzene rings is 1. The van der Waals surface area contributed by atoms with Gasteiger partial charge in [-0.2, -0.15) is 0 Å². The minimum Gasteiger partial charge on any atom is -0.494 e. The van der Waals surface area contributed by atoms with Crippen LogP contribution in [0.15, 0.2) is 42.6 Å². The number of carbonyl (C=O) groups is 2. The zero-order chi connectivity index (χ0) is 18.1. The van der Waals surface area contributed by atoms with Crippen molar-refractivity contribution in [1.82, 2.24) is 10.3 Å². The lowest BCUT2D eigenvalue weighted by Gasteiger charge is -2.08. The Balaban J connectivity index is 2.01. The van der Waals surface area contributed by atoms with Crippen LogP contribution >= 0.6 is 0 Å². The average Bonchev–Trinajstić information content (AvgIpc) is 2.64. The molecule has 7 heteroatoms. The first-order valence-electron chi connectivity index (χ1n) is 7.91. The lowest BCUT2D eigenvalue weighted by Crippen LogP contribution is -2.27. The Kier molecular flexibility index (Phi) is 6.91. The number of nitrogens with zero attached hydrogens (tertiary/aromatic N) is 1. The van der Waals surface area contributed by atoms with Gasteiger partial charge in [-0.05, 0) is 43.3 Å². The zero-order valence-corrected chi connectivity index (χ0v) is 14.2. The second kappa shape index (κ2) is 9.39. The van der Waals surface area contributed by atoms with Crippen molar-refractivity contribution in [3.63, 3.8) is 0 Å². The van der Waals surface area contributed by atoms with Gasteiger partial charge in [0.15, 0.2) is 0 Å². The third-order valence-electron chi connectivity index (χ3n) is 3.27. The van der Waals surface area contributed by atoms with Crippen LogP contribution in [0.2, 0.25) is 0 Å². The molecule has 0 fully saturated rings. The molecule has 7 nitrogen and oxygen atoms in total. The molecule has 0 spiro atoms. The number of amides is 2. The molecule has 0 unspecified atom stereocenters. The highest BCUT2D eigenvalue weighted by Crippen LogP contribution is 2.16. The third kappa shape index (κ3) is 5.58. The summed E-state index contributed by atoms with van der Waals surface area (Å²) in [6.45, 7) is 3.29. The second-order valence-corrected chi connectivity index (χ2v) is 5.09. The van der Waals surface area contributed by atoms with Gasteiger partial charge in [-0.15, -0.1) is 0 Å². The van der Waals surface area contributed by atoms with E-state index in [0.717, 1.165) is 5.75 Å². The first kappa shape index (κ1) is 18.4. The van der Waals surface area contributed by atoms with Crippen LogP contribution in [0.4, 0.5) is 5.69 Å². The third-order valence-corrected chi connectivity index (χ3v) is 3.27. The van der Waals surface area contributed by atoms with Gasteiger partial charge in [0.2, 0.25) is 0 Å². The highest BCUT2D eigenvalue weighted by atomic mass is 16.5. The van der Waals surface area contributed by atoms with Crippen molar-refractivity contribution in [2.45, 2.75) is 6.92 Å². The number of methoxy groups -OCH3 is 1.